The molecule has 0 bridgehead atoms. The van der Waals surface area contributed by atoms with Gasteiger partial charge in [0, 0.05) is 28.3 Å². The van der Waals surface area contributed by atoms with Gasteiger partial charge in [-0.15, -0.1) is 11.3 Å². The first-order valence-electron chi connectivity index (χ1n) is 10.7. The third kappa shape index (κ3) is 5.77. The molecular formula is C23H30F2O4S. The topological polar surface area (TPSA) is 77.8 Å². The third-order valence-corrected chi connectivity index (χ3v) is 7.45. The molecule has 166 valence electrons. The molecule has 1 heterocycles. The summed E-state index contributed by atoms with van der Waals surface area (Å²) < 4.78 is 30.0. The van der Waals surface area contributed by atoms with Crippen LogP contribution >= 0.6 is 11.3 Å². The van der Waals surface area contributed by atoms with Crippen LogP contribution in [0.15, 0.2) is 30.3 Å². The van der Waals surface area contributed by atoms with Crippen LogP contribution < -0.4 is 0 Å². The highest BCUT2D eigenvalue weighted by Gasteiger charge is 2.53. The fourth-order valence-electron chi connectivity index (χ4n) is 4.64. The number of rotatable bonds is 11. The number of alkyl halides is 2. The molecule has 0 amide bonds. The minimum Gasteiger partial charge on any atom is -0.481 e. The monoisotopic (exact) mass is 440 g/mol. The van der Waals surface area contributed by atoms with Crippen LogP contribution in [0.3, 0.4) is 0 Å². The number of unbranched alkanes of at least 4 members (excludes halogenated alkanes) is 3. The lowest BCUT2D eigenvalue weighted by molar-refractivity contribution is -0.137. The maximum absolute atomic E-state index is 14.5. The molecular weight excluding hydrogens is 410 g/mol. The molecule has 7 heteroatoms. The maximum atomic E-state index is 14.5. The van der Waals surface area contributed by atoms with Crippen LogP contribution in [-0.2, 0) is 4.79 Å². The Hall–Kier alpha value is -1.57. The summed E-state index contributed by atoms with van der Waals surface area (Å²) >= 11 is 1.51. The highest BCUT2D eigenvalue weighted by atomic mass is 32.1. The van der Waals surface area contributed by atoms with Crippen LogP contribution in [0.2, 0.25) is 0 Å². The number of benzene rings is 1. The van der Waals surface area contributed by atoms with E-state index in [1.54, 1.807) is 0 Å². The van der Waals surface area contributed by atoms with Gasteiger partial charge in [0.2, 0.25) is 0 Å². The lowest BCUT2D eigenvalue weighted by Gasteiger charge is -2.25. The van der Waals surface area contributed by atoms with Crippen molar-refractivity contribution in [1.29, 1.82) is 0 Å². The summed E-state index contributed by atoms with van der Waals surface area (Å²) in [5.74, 6) is -5.14. The van der Waals surface area contributed by atoms with Crippen molar-refractivity contribution >= 4 is 27.4 Å². The van der Waals surface area contributed by atoms with Gasteiger partial charge in [-0.25, -0.2) is 8.78 Å². The molecule has 1 saturated carbocycles. The molecule has 4 atom stereocenters. The van der Waals surface area contributed by atoms with Gasteiger partial charge in [0.15, 0.2) is 0 Å². The minimum absolute atomic E-state index is 0.108. The molecule has 2 aromatic rings. The van der Waals surface area contributed by atoms with Gasteiger partial charge in [0.1, 0.15) is 0 Å². The standard InChI is InChI=1S/C23H30F2O4S/c24-23(25)14-19(27)16(17(23)8-3-1-2-4-10-22(28)29)11-12-18(26)21-13-15-7-5-6-9-20(15)30-21/h5-7,9,13,16-19,26-27H,1-4,8,10-12,14H2,(H,28,29). The Labute approximate surface area is 179 Å². The zero-order valence-corrected chi connectivity index (χ0v) is 17.8. The molecule has 0 radical (unpaired) electrons. The first kappa shape index (κ1) is 23.1. The summed E-state index contributed by atoms with van der Waals surface area (Å²) in [6.45, 7) is 0. The number of aliphatic hydroxyl groups excluding tert-OH is 2. The van der Waals surface area contributed by atoms with Gasteiger partial charge in [-0.2, -0.15) is 0 Å². The summed E-state index contributed by atoms with van der Waals surface area (Å²) in [5.41, 5.74) is 0. The van der Waals surface area contributed by atoms with Crippen LogP contribution in [0.5, 0.6) is 0 Å². The number of carbonyl (C=O) groups is 1. The summed E-state index contributed by atoms with van der Waals surface area (Å²) in [7, 11) is 0. The number of aliphatic carboxylic acids is 1. The first-order chi connectivity index (χ1) is 14.3. The Morgan fingerprint density at radius 2 is 1.90 bits per heavy atom. The maximum Gasteiger partial charge on any atom is 0.303 e. The quantitative estimate of drug-likeness (QED) is 0.388. The smallest absolute Gasteiger partial charge is 0.303 e. The van der Waals surface area contributed by atoms with E-state index in [9.17, 15) is 23.8 Å². The number of halogens is 2. The summed E-state index contributed by atoms with van der Waals surface area (Å²) in [5, 5.41) is 30.6. The van der Waals surface area contributed by atoms with E-state index in [0.29, 0.717) is 44.9 Å². The van der Waals surface area contributed by atoms with Gasteiger partial charge in [0.05, 0.1) is 12.2 Å². The molecule has 0 saturated heterocycles. The second kappa shape index (κ2) is 10.2. The van der Waals surface area contributed by atoms with Gasteiger partial charge in [-0.3, -0.25) is 4.79 Å². The zero-order chi connectivity index (χ0) is 21.7. The molecule has 4 unspecified atom stereocenters. The van der Waals surface area contributed by atoms with Crippen LogP contribution in [0.25, 0.3) is 10.1 Å². The molecule has 3 rings (SSSR count). The summed E-state index contributed by atoms with van der Waals surface area (Å²) in [6, 6.07) is 9.80. The first-order valence-corrected chi connectivity index (χ1v) is 11.5. The number of thiophene rings is 1. The predicted molar refractivity (Wildman–Crippen MR) is 114 cm³/mol. The highest BCUT2D eigenvalue weighted by molar-refractivity contribution is 7.19. The van der Waals surface area contributed by atoms with Crippen molar-refractivity contribution in [1.82, 2.24) is 0 Å². The average molecular weight is 441 g/mol. The zero-order valence-electron chi connectivity index (χ0n) is 17.0. The Kier molecular flexibility index (Phi) is 7.82. The van der Waals surface area contributed by atoms with E-state index < -0.39 is 42.4 Å². The molecule has 0 spiro atoms. The van der Waals surface area contributed by atoms with E-state index in [1.807, 2.05) is 30.3 Å². The van der Waals surface area contributed by atoms with Crippen LogP contribution in [0, 0.1) is 11.8 Å². The molecule has 1 fully saturated rings. The van der Waals surface area contributed by atoms with Crippen molar-refractivity contribution in [3.05, 3.63) is 35.2 Å². The Bertz CT molecular complexity index is 804. The highest BCUT2D eigenvalue weighted by Crippen LogP contribution is 2.49. The van der Waals surface area contributed by atoms with Gasteiger partial charge >= 0.3 is 5.97 Å². The van der Waals surface area contributed by atoms with Crippen molar-refractivity contribution in [2.45, 2.75) is 75.9 Å². The molecule has 30 heavy (non-hydrogen) atoms. The minimum atomic E-state index is -2.90. The van der Waals surface area contributed by atoms with Crippen molar-refractivity contribution < 1.29 is 28.9 Å². The Morgan fingerprint density at radius 1 is 1.17 bits per heavy atom. The van der Waals surface area contributed by atoms with Gasteiger partial charge in [-0.05, 0) is 49.1 Å². The molecule has 0 aliphatic heterocycles. The number of carboxylic acids is 1. The largest absolute Gasteiger partial charge is 0.481 e. The van der Waals surface area contributed by atoms with Crippen molar-refractivity contribution in [2.24, 2.45) is 11.8 Å². The second-order valence-corrected chi connectivity index (χ2v) is 9.54. The van der Waals surface area contributed by atoms with E-state index in [-0.39, 0.29) is 6.42 Å². The third-order valence-electron chi connectivity index (χ3n) is 6.24. The molecule has 1 aliphatic rings. The molecule has 4 nitrogen and oxygen atoms in total. The average Bonchev–Trinajstić information content (AvgIpc) is 3.20. The normalized spacial score (nSPS) is 24.3. The molecule has 3 N–H and O–H groups in total. The van der Waals surface area contributed by atoms with Gasteiger partial charge in [-0.1, -0.05) is 37.5 Å². The molecule has 1 aromatic heterocycles. The lowest BCUT2D eigenvalue weighted by Crippen LogP contribution is -2.27. The number of hydrogen-bond acceptors (Lipinski definition) is 4. The molecule has 1 aliphatic carbocycles. The van der Waals surface area contributed by atoms with E-state index in [2.05, 4.69) is 0 Å². The predicted octanol–water partition coefficient (Wildman–Crippen LogP) is 5.77. The second-order valence-electron chi connectivity index (χ2n) is 8.43. The fourth-order valence-corrected chi connectivity index (χ4v) is 5.72. The number of hydrogen-bond donors (Lipinski definition) is 3. The van der Waals surface area contributed by atoms with Crippen LogP contribution in [-0.4, -0.2) is 33.3 Å². The number of carboxylic acid groups (broad SMARTS) is 1. The number of fused-ring (bicyclic) bond motifs is 1. The van der Waals surface area contributed by atoms with Crippen molar-refractivity contribution in [3.8, 4) is 0 Å². The van der Waals surface area contributed by atoms with Crippen molar-refractivity contribution in [2.75, 3.05) is 0 Å². The Morgan fingerprint density at radius 3 is 2.63 bits per heavy atom. The van der Waals surface area contributed by atoms with E-state index >= 15 is 0 Å². The fraction of sp³-hybridized carbons (Fsp3) is 0.609. The summed E-state index contributed by atoms with van der Waals surface area (Å²) in [6.07, 6.45) is 1.43. The lowest BCUT2D eigenvalue weighted by atomic mass is 9.84. The summed E-state index contributed by atoms with van der Waals surface area (Å²) in [4.78, 5) is 11.4. The SMILES string of the molecule is O=C(O)CCCCCCC1C(CCC(O)c2cc3ccccc3s2)C(O)CC1(F)F. The van der Waals surface area contributed by atoms with E-state index in [1.165, 1.54) is 11.3 Å². The van der Waals surface area contributed by atoms with E-state index in [0.717, 1.165) is 15.0 Å². The van der Waals surface area contributed by atoms with Crippen LogP contribution in [0.4, 0.5) is 8.78 Å². The van der Waals surface area contributed by atoms with Gasteiger partial charge in [0.25, 0.3) is 5.92 Å². The molecule has 1 aromatic carbocycles. The van der Waals surface area contributed by atoms with E-state index in [4.69, 9.17) is 5.11 Å². The van der Waals surface area contributed by atoms with Gasteiger partial charge < -0.3 is 15.3 Å². The van der Waals surface area contributed by atoms with Crippen molar-refractivity contribution in [3.63, 3.8) is 0 Å². The van der Waals surface area contributed by atoms with Crippen LogP contribution in [0.1, 0.15) is 68.8 Å². The Balaban J connectivity index is 1.53. The number of aliphatic hydroxyl groups is 2.